The Balaban J connectivity index is 1.52. The first-order valence-corrected chi connectivity index (χ1v) is 10.1. The third kappa shape index (κ3) is 5.99. The highest BCUT2D eigenvalue weighted by Gasteiger charge is 2.34. The Labute approximate surface area is 186 Å². The van der Waals surface area contributed by atoms with Gasteiger partial charge in [0.05, 0.1) is 5.56 Å². The van der Waals surface area contributed by atoms with E-state index in [4.69, 9.17) is 4.74 Å². The van der Waals surface area contributed by atoms with Gasteiger partial charge in [-0.05, 0) is 18.6 Å². The summed E-state index contributed by atoms with van der Waals surface area (Å²) in [7, 11) is 1.51. The molecule has 33 heavy (non-hydrogen) atoms. The van der Waals surface area contributed by atoms with E-state index < -0.39 is 29.5 Å². The van der Waals surface area contributed by atoms with Crippen LogP contribution in [0.4, 0.5) is 23.9 Å². The van der Waals surface area contributed by atoms with Crippen molar-refractivity contribution < 1.29 is 27.5 Å². The lowest BCUT2D eigenvalue weighted by atomic mass is 10.1. The topological polar surface area (TPSA) is 121 Å². The molecule has 0 radical (unpaired) electrons. The lowest BCUT2D eigenvalue weighted by molar-refractivity contribution is -0.138. The normalized spacial score (nSPS) is 15.2. The predicted octanol–water partition coefficient (Wildman–Crippen LogP) is 1.43. The zero-order valence-electron chi connectivity index (χ0n) is 18.0. The molecule has 2 amide bonds. The molecule has 3 rings (SSSR count). The van der Waals surface area contributed by atoms with Crippen LogP contribution in [0.25, 0.3) is 0 Å². The van der Waals surface area contributed by atoms with E-state index in [1.807, 2.05) is 4.90 Å². The third-order valence-corrected chi connectivity index (χ3v) is 5.04. The van der Waals surface area contributed by atoms with E-state index in [1.54, 1.807) is 6.92 Å². The molecule has 13 heteroatoms. The number of hydrogen-bond acceptors (Lipinski definition) is 7. The standard InChI is InChI=1S/C20H23F3N6O4/c1-12(7-13-8-15(20(21,22)23)17(31)25-9-13)33-19(32)29-5-3-28(4-6-29)18-26-10-14(11-27-18)16(30)24-2/h8-12H,3-7H2,1-2H3,(H,24,30)(H,25,31)/t12-/m0/s1. The summed E-state index contributed by atoms with van der Waals surface area (Å²) in [5.74, 6) is 0.141. The van der Waals surface area contributed by atoms with E-state index >= 15 is 0 Å². The Morgan fingerprint density at radius 3 is 2.42 bits per heavy atom. The monoisotopic (exact) mass is 468 g/mol. The van der Waals surface area contributed by atoms with E-state index in [0.29, 0.717) is 37.7 Å². The maximum absolute atomic E-state index is 12.9. The fourth-order valence-corrected chi connectivity index (χ4v) is 3.31. The van der Waals surface area contributed by atoms with E-state index in [-0.39, 0.29) is 17.9 Å². The van der Waals surface area contributed by atoms with E-state index in [0.717, 1.165) is 6.07 Å². The van der Waals surface area contributed by atoms with Crippen molar-refractivity contribution in [2.45, 2.75) is 25.6 Å². The highest BCUT2D eigenvalue weighted by atomic mass is 19.4. The van der Waals surface area contributed by atoms with Crippen molar-refractivity contribution in [2.24, 2.45) is 0 Å². The first-order chi connectivity index (χ1) is 15.6. The molecule has 0 spiro atoms. The summed E-state index contributed by atoms with van der Waals surface area (Å²) >= 11 is 0. The second kappa shape index (κ2) is 9.88. The minimum Gasteiger partial charge on any atom is -0.446 e. The summed E-state index contributed by atoms with van der Waals surface area (Å²) in [6, 6.07) is 0.761. The van der Waals surface area contributed by atoms with Gasteiger partial charge in [-0.15, -0.1) is 0 Å². The highest BCUT2D eigenvalue weighted by molar-refractivity contribution is 5.93. The molecule has 1 aliphatic rings. The number of pyridine rings is 1. The number of piperazine rings is 1. The molecular formula is C20H23F3N6O4. The van der Waals surface area contributed by atoms with Gasteiger partial charge in [-0.2, -0.15) is 13.2 Å². The number of carbonyl (C=O) groups excluding carboxylic acids is 2. The molecule has 1 aliphatic heterocycles. The van der Waals surface area contributed by atoms with Crippen LogP contribution in [0.2, 0.25) is 0 Å². The number of carbonyl (C=O) groups is 2. The van der Waals surface area contributed by atoms with Gasteiger partial charge >= 0.3 is 12.3 Å². The molecule has 0 bridgehead atoms. The summed E-state index contributed by atoms with van der Waals surface area (Å²) in [6.07, 6.45) is -2.03. The van der Waals surface area contributed by atoms with Crippen LogP contribution in [0.5, 0.6) is 0 Å². The molecule has 10 nitrogen and oxygen atoms in total. The molecule has 1 atom stereocenters. The maximum atomic E-state index is 12.9. The predicted molar refractivity (Wildman–Crippen MR) is 111 cm³/mol. The van der Waals surface area contributed by atoms with Gasteiger partial charge in [0, 0.05) is 58.2 Å². The highest BCUT2D eigenvalue weighted by Crippen LogP contribution is 2.27. The van der Waals surface area contributed by atoms with Gasteiger partial charge in [0.15, 0.2) is 0 Å². The van der Waals surface area contributed by atoms with Crippen molar-refractivity contribution in [3.8, 4) is 0 Å². The quantitative estimate of drug-likeness (QED) is 0.681. The Bertz CT molecular complexity index is 1050. The van der Waals surface area contributed by atoms with Gasteiger partial charge in [0.2, 0.25) is 5.95 Å². The molecular weight excluding hydrogens is 445 g/mol. The maximum Gasteiger partial charge on any atom is 0.421 e. The van der Waals surface area contributed by atoms with Crippen LogP contribution in [0.15, 0.2) is 29.5 Å². The fraction of sp³-hybridized carbons (Fsp3) is 0.450. The molecule has 3 heterocycles. The number of rotatable bonds is 5. The van der Waals surface area contributed by atoms with E-state index in [1.165, 1.54) is 30.5 Å². The SMILES string of the molecule is CNC(=O)c1cnc(N2CCN(C(=O)O[C@@H](C)Cc3c[nH]c(=O)c(C(F)(F)F)c3)CC2)nc1. The number of nitrogens with zero attached hydrogens (tertiary/aromatic N) is 4. The number of anilines is 1. The number of H-pyrrole nitrogens is 1. The van der Waals surface area contributed by atoms with Crippen LogP contribution in [0.1, 0.15) is 28.4 Å². The van der Waals surface area contributed by atoms with Gasteiger partial charge in [0.1, 0.15) is 11.7 Å². The molecule has 0 saturated carbocycles. The molecule has 1 fully saturated rings. The summed E-state index contributed by atoms with van der Waals surface area (Å²) in [5, 5.41) is 2.48. The van der Waals surface area contributed by atoms with Gasteiger partial charge in [-0.1, -0.05) is 0 Å². The molecule has 2 aromatic heterocycles. The van der Waals surface area contributed by atoms with Gasteiger partial charge in [0.25, 0.3) is 11.5 Å². The average Bonchev–Trinajstić information content (AvgIpc) is 2.79. The third-order valence-electron chi connectivity index (χ3n) is 5.04. The van der Waals surface area contributed by atoms with Crippen molar-refractivity contribution in [2.75, 3.05) is 38.1 Å². The van der Waals surface area contributed by atoms with Crippen LogP contribution in [0, 0.1) is 0 Å². The number of alkyl halides is 3. The molecule has 178 valence electrons. The minimum atomic E-state index is -4.77. The Kier molecular flexibility index (Phi) is 7.19. The number of ether oxygens (including phenoxy) is 1. The van der Waals surface area contributed by atoms with Gasteiger partial charge < -0.3 is 24.8 Å². The molecule has 0 aromatic carbocycles. The van der Waals surface area contributed by atoms with Crippen molar-refractivity contribution in [3.63, 3.8) is 0 Å². The first-order valence-electron chi connectivity index (χ1n) is 10.1. The lowest BCUT2D eigenvalue weighted by Gasteiger charge is -2.34. The lowest BCUT2D eigenvalue weighted by Crippen LogP contribution is -2.50. The summed E-state index contributed by atoms with van der Waals surface area (Å²) in [6.45, 7) is 3.12. The molecule has 2 aromatic rings. The van der Waals surface area contributed by atoms with Crippen molar-refractivity contribution in [1.82, 2.24) is 25.2 Å². The molecule has 0 aliphatic carbocycles. The molecule has 0 unspecified atom stereocenters. The zero-order chi connectivity index (χ0) is 24.2. The van der Waals surface area contributed by atoms with Gasteiger partial charge in [-0.3, -0.25) is 9.59 Å². The van der Waals surface area contributed by atoms with Crippen LogP contribution in [-0.4, -0.2) is 71.2 Å². The smallest absolute Gasteiger partial charge is 0.421 e. The summed E-state index contributed by atoms with van der Waals surface area (Å²) in [5.41, 5.74) is -1.98. The summed E-state index contributed by atoms with van der Waals surface area (Å²) < 4.78 is 44.1. The summed E-state index contributed by atoms with van der Waals surface area (Å²) in [4.78, 5) is 49.2. The van der Waals surface area contributed by atoms with Crippen LogP contribution < -0.4 is 15.8 Å². The Hall–Kier alpha value is -3.64. The zero-order valence-corrected chi connectivity index (χ0v) is 18.0. The first kappa shape index (κ1) is 24.0. The largest absolute Gasteiger partial charge is 0.446 e. The van der Waals surface area contributed by atoms with Crippen molar-refractivity contribution >= 4 is 17.9 Å². The van der Waals surface area contributed by atoms with Crippen LogP contribution in [0.3, 0.4) is 0 Å². The fourth-order valence-electron chi connectivity index (χ4n) is 3.31. The Morgan fingerprint density at radius 1 is 1.21 bits per heavy atom. The van der Waals surface area contributed by atoms with E-state index in [2.05, 4.69) is 20.3 Å². The average molecular weight is 468 g/mol. The van der Waals surface area contributed by atoms with Crippen LogP contribution >= 0.6 is 0 Å². The molecule has 1 saturated heterocycles. The van der Waals surface area contributed by atoms with Crippen molar-refractivity contribution in [3.05, 3.63) is 51.7 Å². The Morgan fingerprint density at radius 2 is 1.85 bits per heavy atom. The number of aromatic nitrogens is 3. The number of hydrogen-bond donors (Lipinski definition) is 2. The molecule has 2 N–H and O–H groups in total. The second-order valence-electron chi connectivity index (χ2n) is 7.47. The number of halogens is 3. The van der Waals surface area contributed by atoms with Crippen LogP contribution in [-0.2, 0) is 17.3 Å². The van der Waals surface area contributed by atoms with E-state index in [9.17, 15) is 27.6 Å². The van der Waals surface area contributed by atoms with Gasteiger partial charge in [-0.25, -0.2) is 14.8 Å². The van der Waals surface area contributed by atoms with Crippen molar-refractivity contribution in [1.29, 1.82) is 0 Å². The minimum absolute atomic E-state index is 0.0110. The number of aromatic amines is 1. The number of nitrogens with one attached hydrogen (secondary N) is 2. The number of amides is 2. The second-order valence-corrected chi connectivity index (χ2v) is 7.47.